The Morgan fingerprint density at radius 2 is 2.50 bits per heavy atom. The molecule has 1 rings (SSSR count). The second-order valence-corrected chi connectivity index (χ2v) is 1.58. The molecule has 0 amide bonds. The molecular weight excluding hydrogens is 143 g/mol. The van der Waals surface area contributed by atoms with Crippen molar-refractivity contribution >= 4 is 5.97 Å². The molecule has 0 aliphatic carbocycles. The van der Waals surface area contributed by atoms with Gasteiger partial charge in [0.05, 0.1) is 0 Å². The van der Waals surface area contributed by atoms with Crippen molar-refractivity contribution in [3.63, 3.8) is 0 Å². The first-order valence-corrected chi connectivity index (χ1v) is 2.47. The van der Waals surface area contributed by atoms with Gasteiger partial charge < -0.3 is 14.9 Å². The number of H-pyrrole nitrogens is 1. The van der Waals surface area contributed by atoms with E-state index in [-0.39, 0.29) is 36.0 Å². The molecule has 1 N–H and O–H groups in total. The molecule has 0 aliphatic heterocycles. The monoisotopic (exact) mass is 148 g/mol. The number of carbonyl (C=O) groups excluding carboxylic acids is 1. The third kappa shape index (κ3) is 3.00. The number of nitrogens with one attached hydrogen (secondary N) is 1. The number of rotatable bonds is 2. The van der Waals surface area contributed by atoms with Gasteiger partial charge >= 0.3 is 29.6 Å². The fourth-order valence-corrected chi connectivity index (χ4v) is 0.531. The summed E-state index contributed by atoms with van der Waals surface area (Å²) in [4.78, 5) is 16.2. The van der Waals surface area contributed by atoms with Crippen LogP contribution in [0.1, 0.15) is 5.82 Å². The van der Waals surface area contributed by atoms with Crippen molar-refractivity contribution in [2.24, 2.45) is 0 Å². The number of carboxylic acid groups (broad SMARTS) is 1. The van der Waals surface area contributed by atoms with Crippen molar-refractivity contribution in [3.8, 4) is 0 Å². The zero-order chi connectivity index (χ0) is 6.69. The molecule has 1 heterocycles. The van der Waals surface area contributed by atoms with Crippen LogP contribution < -0.4 is 34.7 Å². The zero-order valence-corrected chi connectivity index (χ0v) is 7.63. The quantitative estimate of drug-likeness (QED) is 0.431. The van der Waals surface area contributed by atoms with Crippen LogP contribution in [0.15, 0.2) is 12.4 Å². The second kappa shape index (κ2) is 4.49. The van der Waals surface area contributed by atoms with Crippen LogP contribution in [0.2, 0.25) is 0 Å². The molecule has 0 fully saturated rings. The van der Waals surface area contributed by atoms with Gasteiger partial charge in [-0.15, -0.1) is 0 Å². The van der Waals surface area contributed by atoms with Crippen LogP contribution in [0.4, 0.5) is 0 Å². The first kappa shape index (κ1) is 9.68. The molecule has 0 spiro atoms. The molecule has 5 heteroatoms. The Kier molecular flexibility index (Phi) is 4.34. The topological polar surface area (TPSA) is 68.8 Å². The van der Waals surface area contributed by atoms with Crippen LogP contribution in [0, 0.1) is 0 Å². The number of carbonyl (C=O) groups is 1. The number of aromatic nitrogens is 2. The molecule has 4 nitrogen and oxygen atoms in total. The minimum atomic E-state index is -1.12. The van der Waals surface area contributed by atoms with Crippen molar-refractivity contribution in [1.29, 1.82) is 0 Å². The van der Waals surface area contributed by atoms with Gasteiger partial charge in [-0.1, -0.05) is 0 Å². The molecule has 48 valence electrons. The number of hydrogen-bond donors (Lipinski definition) is 1. The summed E-state index contributed by atoms with van der Waals surface area (Å²) in [6.07, 6.45) is 2.92. The maximum Gasteiger partial charge on any atom is 1.00 e. The van der Waals surface area contributed by atoms with Gasteiger partial charge in [0.25, 0.3) is 0 Å². The van der Waals surface area contributed by atoms with Crippen LogP contribution in [0.5, 0.6) is 0 Å². The first-order valence-electron chi connectivity index (χ1n) is 2.47. The summed E-state index contributed by atoms with van der Waals surface area (Å²) in [5.41, 5.74) is 0. The van der Waals surface area contributed by atoms with E-state index < -0.39 is 5.97 Å². The predicted octanol–water partition coefficient (Wildman–Crippen LogP) is -4.29. The third-order valence-corrected chi connectivity index (χ3v) is 0.867. The normalized spacial score (nSPS) is 8.40. The van der Waals surface area contributed by atoms with Gasteiger partial charge in [0, 0.05) is 24.8 Å². The van der Waals surface area contributed by atoms with E-state index in [2.05, 4.69) is 9.97 Å². The number of imidazole rings is 1. The van der Waals surface area contributed by atoms with Crippen molar-refractivity contribution in [1.82, 2.24) is 9.97 Å². The molecule has 0 aliphatic rings. The first-order chi connectivity index (χ1) is 4.29. The predicted molar refractivity (Wildman–Crippen MR) is 27.3 cm³/mol. The van der Waals surface area contributed by atoms with E-state index >= 15 is 0 Å². The molecular formula is C5H5N2NaO2. The van der Waals surface area contributed by atoms with E-state index in [1.807, 2.05) is 0 Å². The number of carboxylic acids is 1. The molecule has 1 aromatic rings. The Morgan fingerprint density at radius 1 is 1.80 bits per heavy atom. The number of aromatic amines is 1. The molecule has 0 saturated heterocycles. The van der Waals surface area contributed by atoms with Crippen molar-refractivity contribution in [2.75, 3.05) is 0 Å². The summed E-state index contributed by atoms with van der Waals surface area (Å²) in [5, 5.41) is 9.90. The Balaban J connectivity index is 0.000000810. The van der Waals surface area contributed by atoms with Crippen LogP contribution in [-0.2, 0) is 11.2 Å². The van der Waals surface area contributed by atoms with E-state index in [1.165, 1.54) is 6.20 Å². The van der Waals surface area contributed by atoms with Crippen molar-refractivity contribution < 1.29 is 39.5 Å². The van der Waals surface area contributed by atoms with Crippen LogP contribution in [0.25, 0.3) is 0 Å². The van der Waals surface area contributed by atoms with E-state index in [0.717, 1.165) is 0 Å². The largest absolute Gasteiger partial charge is 1.00 e. The SMILES string of the molecule is O=C([O-])Cc1ncc[nH]1.[Na+]. The van der Waals surface area contributed by atoms with Crippen LogP contribution in [-0.4, -0.2) is 15.9 Å². The summed E-state index contributed by atoms with van der Waals surface area (Å²) in [5.74, 6) is -0.694. The molecule has 0 bridgehead atoms. The van der Waals surface area contributed by atoms with Crippen LogP contribution >= 0.6 is 0 Å². The van der Waals surface area contributed by atoms with Gasteiger partial charge in [-0.05, 0) is 0 Å². The maximum atomic E-state index is 9.90. The smallest absolute Gasteiger partial charge is 0.550 e. The summed E-state index contributed by atoms with van der Waals surface area (Å²) in [7, 11) is 0. The van der Waals surface area contributed by atoms with Gasteiger partial charge in [0.1, 0.15) is 5.82 Å². The molecule has 0 unspecified atom stereocenters. The Morgan fingerprint density at radius 3 is 2.90 bits per heavy atom. The van der Waals surface area contributed by atoms with E-state index in [4.69, 9.17) is 0 Å². The Hall–Kier alpha value is -0.320. The van der Waals surface area contributed by atoms with Gasteiger partial charge in [0.15, 0.2) is 0 Å². The van der Waals surface area contributed by atoms with Crippen molar-refractivity contribution in [3.05, 3.63) is 18.2 Å². The number of aliphatic carboxylic acids is 1. The van der Waals surface area contributed by atoms with Crippen molar-refractivity contribution in [2.45, 2.75) is 6.42 Å². The summed E-state index contributed by atoms with van der Waals surface area (Å²) >= 11 is 0. The van der Waals surface area contributed by atoms with E-state index in [1.54, 1.807) is 6.20 Å². The van der Waals surface area contributed by atoms with E-state index in [9.17, 15) is 9.90 Å². The summed E-state index contributed by atoms with van der Waals surface area (Å²) in [6.45, 7) is 0. The molecule has 1 aromatic heterocycles. The van der Waals surface area contributed by atoms with E-state index in [0.29, 0.717) is 5.82 Å². The Labute approximate surface area is 80.0 Å². The fraction of sp³-hybridized carbons (Fsp3) is 0.200. The Bertz CT molecular complexity index is 197. The van der Waals surface area contributed by atoms with Gasteiger partial charge in [-0.25, -0.2) is 4.98 Å². The zero-order valence-electron chi connectivity index (χ0n) is 5.63. The summed E-state index contributed by atoms with van der Waals surface area (Å²) < 4.78 is 0. The number of hydrogen-bond acceptors (Lipinski definition) is 3. The van der Waals surface area contributed by atoms with Gasteiger partial charge in [-0.3, -0.25) is 0 Å². The molecule has 0 saturated carbocycles. The molecule has 0 radical (unpaired) electrons. The number of nitrogens with zero attached hydrogens (tertiary/aromatic N) is 1. The minimum Gasteiger partial charge on any atom is -0.550 e. The minimum absolute atomic E-state index is 0. The molecule has 0 aromatic carbocycles. The standard InChI is InChI=1S/C5H6N2O2.Na/c8-5(9)3-4-6-1-2-7-4;/h1-2H,3H2,(H,6,7)(H,8,9);/q;+1/p-1. The fourth-order valence-electron chi connectivity index (χ4n) is 0.531. The third-order valence-electron chi connectivity index (χ3n) is 0.867. The average molecular weight is 148 g/mol. The van der Waals surface area contributed by atoms with Gasteiger partial charge in [-0.2, -0.15) is 0 Å². The van der Waals surface area contributed by atoms with Crippen LogP contribution in [0.3, 0.4) is 0 Å². The second-order valence-electron chi connectivity index (χ2n) is 1.58. The summed E-state index contributed by atoms with van der Waals surface area (Å²) in [6, 6.07) is 0. The maximum absolute atomic E-state index is 9.90. The molecule has 0 atom stereocenters. The average Bonchev–Trinajstić information content (AvgIpc) is 2.15. The molecule has 10 heavy (non-hydrogen) atoms. The van der Waals surface area contributed by atoms with Gasteiger partial charge in [0.2, 0.25) is 0 Å².